The van der Waals surface area contributed by atoms with Crippen LogP contribution in [0.5, 0.6) is 17.2 Å². The summed E-state index contributed by atoms with van der Waals surface area (Å²) in [5, 5.41) is 3.26. The van der Waals surface area contributed by atoms with Crippen molar-refractivity contribution in [1.29, 1.82) is 0 Å². The lowest BCUT2D eigenvalue weighted by atomic mass is 10.1. The molecule has 0 bridgehead atoms. The van der Waals surface area contributed by atoms with Crippen molar-refractivity contribution in [3.63, 3.8) is 0 Å². The Bertz CT molecular complexity index is 1410. The van der Waals surface area contributed by atoms with Gasteiger partial charge in [0.05, 0.1) is 6.61 Å². The Kier molecular flexibility index (Phi) is 7.97. The molecule has 0 fully saturated rings. The van der Waals surface area contributed by atoms with E-state index in [0.717, 1.165) is 5.56 Å². The molecule has 1 N–H and O–H groups in total. The highest BCUT2D eigenvalue weighted by molar-refractivity contribution is 5.96. The second-order valence-corrected chi connectivity index (χ2v) is 7.78. The molecular formula is C28H25NO7. The molecule has 8 nitrogen and oxygen atoms in total. The fraction of sp³-hybridized carbons (Fsp3) is 0.179. The molecule has 0 aliphatic carbocycles. The second kappa shape index (κ2) is 11.7. The number of amides is 1. The van der Waals surface area contributed by atoms with Crippen molar-refractivity contribution in [3.8, 4) is 17.2 Å². The van der Waals surface area contributed by atoms with E-state index in [4.69, 9.17) is 18.6 Å². The van der Waals surface area contributed by atoms with Crippen molar-refractivity contribution in [2.75, 3.05) is 19.8 Å². The molecule has 4 rings (SSSR count). The Hall–Kier alpha value is -4.59. The third-order valence-corrected chi connectivity index (χ3v) is 5.22. The first-order valence-corrected chi connectivity index (χ1v) is 11.5. The Morgan fingerprint density at radius 2 is 1.61 bits per heavy atom. The molecule has 4 aromatic rings. The van der Waals surface area contributed by atoms with Crippen LogP contribution in [0.15, 0.2) is 88.1 Å². The Balaban J connectivity index is 1.37. The number of ether oxygens (including phenoxy) is 3. The van der Waals surface area contributed by atoms with Gasteiger partial charge in [-0.05, 0) is 49.2 Å². The van der Waals surface area contributed by atoms with Crippen LogP contribution in [0, 0.1) is 0 Å². The van der Waals surface area contributed by atoms with Gasteiger partial charge >= 0.3 is 11.6 Å². The lowest BCUT2D eigenvalue weighted by Gasteiger charge is -2.11. The molecule has 0 spiro atoms. The van der Waals surface area contributed by atoms with Crippen LogP contribution in [-0.4, -0.2) is 31.6 Å². The van der Waals surface area contributed by atoms with Crippen molar-refractivity contribution >= 4 is 22.8 Å². The smallest absolute Gasteiger partial charge is 0.349 e. The molecule has 0 atom stereocenters. The van der Waals surface area contributed by atoms with E-state index < -0.39 is 17.5 Å². The summed E-state index contributed by atoms with van der Waals surface area (Å²) in [4.78, 5) is 37.2. The molecule has 0 saturated carbocycles. The summed E-state index contributed by atoms with van der Waals surface area (Å²) in [7, 11) is 0. The standard InChI is InChI=1S/C28H25NO7/c1-2-33-23-10-6-7-11-24(23)34-18-26(30)35-21-13-12-20-16-22(28(32)36-25(20)17-21)27(31)29-15-14-19-8-4-3-5-9-19/h3-13,16-17H,2,14-15,18H2,1H3,(H,29,31). The fourth-order valence-electron chi connectivity index (χ4n) is 3.52. The number of hydrogen-bond donors (Lipinski definition) is 1. The van der Waals surface area contributed by atoms with Crippen LogP contribution in [-0.2, 0) is 11.2 Å². The number of carbonyl (C=O) groups is 2. The molecule has 1 aromatic heterocycles. The van der Waals surface area contributed by atoms with Crippen LogP contribution in [0.3, 0.4) is 0 Å². The third-order valence-electron chi connectivity index (χ3n) is 5.22. The maximum absolute atomic E-state index is 12.5. The van der Waals surface area contributed by atoms with Crippen LogP contribution >= 0.6 is 0 Å². The van der Waals surface area contributed by atoms with Gasteiger partial charge in [0.15, 0.2) is 18.1 Å². The van der Waals surface area contributed by atoms with Crippen molar-refractivity contribution in [1.82, 2.24) is 5.32 Å². The van der Waals surface area contributed by atoms with E-state index in [1.54, 1.807) is 36.4 Å². The Morgan fingerprint density at radius 1 is 0.889 bits per heavy atom. The second-order valence-electron chi connectivity index (χ2n) is 7.78. The summed E-state index contributed by atoms with van der Waals surface area (Å²) in [6, 6.07) is 22.7. The number of nitrogens with one attached hydrogen (secondary N) is 1. The molecule has 0 saturated heterocycles. The van der Waals surface area contributed by atoms with Gasteiger partial charge in [-0.2, -0.15) is 0 Å². The van der Waals surface area contributed by atoms with E-state index >= 15 is 0 Å². The van der Waals surface area contributed by atoms with E-state index in [-0.39, 0.29) is 23.5 Å². The first kappa shape index (κ1) is 24.5. The molecule has 36 heavy (non-hydrogen) atoms. The summed E-state index contributed by atoms with van der Waals surface area (Å²) in [5.41, 5.74) is 0.392. The minimum absolute atomic E-state index is 0.0957. The Labute approximate surface area is 207 Å². The molecule has 0 radical (unpaired) electrons. The monoisotopic (exact) mass is 487 g/mol. The van der Waals surface area contributed by atoms with Gasteiger partial charge in [0.25, 0.3) is 5.91 Å². The first-order valence-electron chi connectivity index (χ1n) is 11.5. The van der Waals surface area contributed by atoms with Crippen molar-refractivity contribution in [2.45, 2.75) is 13.3 Å². The van der Waals surface area contributed by atoms with Gasteiger partial charge in [-0.15, -0.1) is 0 Å². The van der Waals surface area contributed by atoms with Crippen LogP contribution in [0.4, 0.5) is 0 Å². The molecule has 3 aromatic carbocycles. The number of rotatable bonds is 10. The van der Waals surface area contributed by atoms with Crippen LogP contribution in [0.25, 0.3) is 11.0 Å². The minimum atomic E-state index is -0.779. The average Bonchev–Trinajstić information content (AvgIpc) is 2.88. The van der Waals surface area contributed by atoms with Gasteiger partial charge in [0.2, 0.25) is 0 Å². The van der Waals surface area contributed by atoms with Gasteiger partial charge in [0.1, 0.15) is 16.9 Å². The minimum Gasteiger partial charge on any atom is -0.490 e. The van der Waals surface area contributed by atoms with Crippen LogP contribution in [0.2, 0.25) is 0 Å². The molecule has 0 aliphatic rings. The summed E-state index contributed by atoms with van der Waals surface area (Å²) in [6.07, 6.45) is 0.640. The van der Waals surface area contributed by atoms with Gasteiger partial charge in [-0.3, -0.25) is 4.79 Å². The predicted molar refractivity (Wildman–Crippen MR) is 134 cm³/mol. The quantitative estimate of drug-likeness (QED) is 0.204. The molecule has 1 amide bonds. The zero-order valence-corrected chi connectivity index (χ0v) is 19.7. The van der Waals surface area contributed by atoms with Crippen molar-refractivity contribution in [2.24, 2.45) is 0 Å². The highest BCUT2D eigenvalue weighted by Gasteiger charge is 2.15. The maximum Gasteiger partial charge on any atom is 0.349 e. The van der Waals surface area contributed by atoms with E-state index in [9.17, 15) is 14.4 Å². The number of hydrogen-bond acceptors (Lipinski definition) is 7. The lowest BCUT2D eigenvalue weighted by Crippen LogP contribution is -2.29. The zero-order chi connectivity index (χ0) is 25.3. The zero-order valence-electron chi connectivity index (χ0n) is 19.7. The molecule has 1 heterocycles. The molecular weight excluding hydrogens is 462 g/mol. The number of esters is 1. The van der Waals surface area contributed by atoms with Crippen molar-refractivity contribution < 1.29 is 28.2 Å². The van der Waals surface area contributed by atoms with E-state index in [1.807, 2.05) is 37.3 Å². The normalized spacial score (nSPS) is 10.6. The van der Waals surface area contributed by atoms with Crippen molar-refractivity contribution in [3.05, 3.63) is 100 Å². The van der Waals surface area contributed by atoms with Gasteiger partial charge in [-0.1, -0.05) is 42.5 Å². The third kappa shape index (κ3) is 6.29. The lowest BCUT2D eigenvalue weighted by molar-refractivity contribution is -0.136. The number of fused-ring (bicyclic) bond motifs is 1. The SMILES string of the molecule is CCOc1ccccc1OCC(=O)Oc1ccc2cc(C(=O)NCCc3ccccc3)c(=O)oc2c1. The predicted octanol–water partition coefficient (Wildman–Crippen LogP) is 4.15. The van der Waals surface area contributed by atoms with Gasteiger partial charge < -0.3 is 23.9 Å². The van der Waals surface area contributed by atoms with Crippen LogP contribution in [0.1, 0.15) is 22.8 Å². The number of carbonyl (C=O) groups excluding carboxylic acids is 2. The summed E-state index contributed by atoms with van der Waals surface area (Å²) < 4.78 is 21.6. The largest absolute Gasteiger partial charge is 0.490 e. The molecule has 8 heteroatoms. The Morgan fingerprint density at radius 3 is 2.36 bits per heavy atom. The number of para-hydroxylation sites is 2. The maximum atomic E-state index is 12.5. The number of benzene rings is 3. The molecule has 0 unspecified atom stereocenters. The summed E-state index contributed by atoms with van der Waals surface area (Å²) in [6.45, 7) is 2.36. The van der Waals surface area contributed by atoms with Gasteiger partial charge in [0, 0.05) is 18.0 Å². The van der Waals surface area contributed by atoms with E-state index in [0.29, 0.717) is 36.5 Å². The highest BCUT2D eigenvalue weighted by Crippen LogP contribution is 2.26. The summed E-state index contributed by atoms with van der Waals surface area (Å²) in [5.74, 6) is -0.0213. The first-order chi connectivity index (χ1) is 17.5. The summed E-state index contributed by atoms with van der Waals surface area (Å²) >= 11 is 0. The average molecular weight is 488 g/mol. The molecule has 184 valence electrons. The fourth-order valence-corrected chi connectivity index (χ4v) is 3.52. The highest BCUT2D eigenvalue weighted by atomic mass is 16.6. The van der Waals surface area contributed by atoms with Crippen LogP contribution < -0.4 is 25.2 Å². The topological polar surface area (TPSA) is 104 Å². The van der Waals surface area contributed by atoms with Gasteiger partial charge in [-0.25, -0.2) is 9.59 Å². The molecule has 0 aliphatic heterocycles. The van der Waals surface area contributed by atoms with E-state index in [2.05, 4.69) is 5.32 Å². The van der Waals surface area contributed by atoms with E-state index in [1.165, 1.54) is 12.1 Å².